The number of nitrogens with one attached hydrogen (secondary N) is 1. The first-order valence-electron chi connectivity index (χ1n) is 5.19. The third-order valence-electron chi connectivity index (χ3n) is 2.17. The molecule has 0 aliphatic carbocycles. The van der Waals surface area contributed by atoms with Crippen LogP contribution in [0.25, 0.3) is 0 Å². The van der Waals surface area contributed by atoms with Crippen molar-refractivity contribution in [1.29, 1.82) is 0 Å². The Balaban J connectivity index is 4.36. The van der Waals surface area contributed by atoms with E-state index >= 15 is 0 Å². The molecule has 0 saturated carbocycles. The zero-order valence-electron chi connectivity index (χ0n) is 10.2. The molecular weight excluding hydrogens is 226 g/mol. The molecule has 4 nitrogen and oxygen atoms in total. The van der Waals surface area contributed by atoms with Crippen molar-refractivity contribution in [2.45, 2.75) is 33.7 Å². The van der Waals surface area contributed by atoms with Gasteiger partial charge in [0.15, 0.2) is 0 Å². The van der Waals surface area contributed by atoms with Crippen LogP contribution in [0.4, 0.5) is 0 Å². The van der Waals surface area contributed by atoms with Crippen LogP contribution in [0.15, 0.2) is 11.1 Å². The summed E-state index contributed by atoms with van der Waals surface area (Å²) in [6.07, 6.45) is 0. The van der Waals surface area contributed by atoms with Gasteiger partial charge in [-0.15, -0.1) is 0 Å². The van der Waals surface area contributed by atoms with Gasteiger partial charge in [-0.1, -0.05) is 6.92 Å². The summed E-state index contributed by atoms with van der Waals surface area (Å²) in [5.74, 6) is 0.484. The van der Waals surface area contributed by atoms with Gasteiger partial charge < -0.3 is 10.4 Å². The van der Waals surface area contributed by atoms with E-state index < -0.39 is 5.97 Å². The predicted molar refractivity (Wildman–Crippen MR) is 66.6 cm³/mol. The van der Waals surface area contributed by atoms with E-state index in [2.05, 4.69) is 12.2 Å². The van der Waals surface area contributed by atoms with E-state index in [1.807, 2.05) is 6.92 Å². The molecule has 0 aliphatic heterocycles. The fourth-order valence-corrected chi connectivity index (χ4v) is 1.67. The van der Waals surface area contributed by atoms with Gasteiger partial charge in [0.1, 0.15) is 0 Å². The molecule has 0 rings (SSSR count). The quantitative estimate of drug-likeness (QED) is 0.698. The zero-order chi connectivity index (χ0) is 12.7. The van der Waals surface area contributed by atoms with Crippen LogP contribution in [-0.2, 0) is 9.59 Å². The summed E-state index contributed by atoms with van der Waals surface area (Å²) in [6.45, 7) is 6.92. The second-order valence-corrected chi connectivity index (χ2v) is 4.91. The molecular formula is C11H19NO3S. The van der Waals surface area contributed by atoms with E-state index in [0.29, 0.717) is 0 Å². The van der Waals surface area contributed by atoms with Crippen LogP contribution in [0.1, 0.15) is 27.7 Å². The second kappa shape index (κ2) is 7.33. The molecule has 0 fully saturated rings. The Kier molecular flexibility index (Phi) is 6.88. The van der Waals surface area contributed by atoms with E-state index in [0.717, 1.165) is 11.5 Å². The first-order valence-corrected chi connectivity index (χ1v) is 6.35. The van der Waals surface area contributed by atoms with Gasteiger partial charge >= 0.3 is 5.97 Å². The number of hydrogen-bond donors (Lipinski definition) is 2. The molecule has 2 N–H and O–H groups in total. The molecule has 1 atom stereocenters. The summed E-state index contributed by atoms with van der Waals surface area (Å²) >= 11 is 1.74. The zero-order valence-corrected chi connectivity index (χ0v) is 11.0. The van der Waals surface area contributed by atoms with Crippen LogP contribution in [0.2, 0.25) is 0 Å². The van der Waals surface area contributed by atoms with E-state index in [9.17, 15) is 9.59 Å². The van der Waals surface area contributed by atoms with Gasteiger partial charge in [0.2, 0.25) is 5.91 Å². The normalized spacial score (nSPS) is 14.0. The molecule has 0 aromatic heterocycles. The van der Waals surface area contributed by atoms with Crippen molar-refractivity contribution in [3.8, 4) is 0 Å². The summed E-state index contributed by atoms with van der Waals surface area (Å²) < 4.78 is 0. The number of thioether (sulfide) groups is 1. The van der Waals surface area contributed by atoms with Crippen LogP contribution in [0, 0.1) is 0 Å². The molecule has 0 aromatic carbocycles. The van der Waals surface area contributed by atoms with Crippen molar-refractivity contribution in [3.05, 3.63) is 11.1 Å². The van der Waals surface area contributed by atoms with Gasteiger partial charge in [-0.05, 0) is 26.5 Å². The van der Waals surface area contributed by atoms with Crippen molar-refractivity contribution < 1.29 is 14.7 Å². The molecule has 0 radical (unpaired) electrons. The largest absolute Gasteiger partial charge is 0.478 e. The number of aliphatic carboxylic acids is 1. The Labute approximate surface area is 100 Å². The van der Waals surface area contributed by atoms with Gasteiger partial charge in [0.25, 0.3) is 0 Å². The second-order valence-electron chi connectivity index (χ2n) is 3.59. The van der Waals surface area contributed by atoms with Crippen LogP contribution < -0.4 is 5.32 Å². The van der Waals surface area contributed by atoms with Gasteiger partial charge in [0.05, 0.1) is 0 Å². The lowest BCUT2D eigenvalue weighted by Gasteiger charge is -2.13. The average Bonchev–Trinajstić information content (AvgIpc) is 2.23. The van der Waals surface area contributed by atoms with E-state index in [-0.39, 0.29) is 23.1 Å². The highest BCUT2D eigenvalue weighted by Crippen LogP contribution is 2.06. The number of carboxylic acid groups (broad SMARTS) is 1. The van der Waals surface area contributed by atoms with E-state index in [4.69, 9.17) is 5.11 Å². The van der Waals surface area contributed by atoms with Crippen molar-refractivity contribution >= 4 is 23.6 Å². The van der Waals surface area contributed by atoms with Gasteiger partial charge in [-0.3, -0.25) is 4.79 Å². The van der Waals surface area contributed by atoms with Crippen molar-refractivity contribution in [2.24, 2.45) is 0 Å². The SMILES string of the molecule is CCSCC(C)NC(=O)C(C)=C(C)C(=O)O. The molecule has 1 unspecified atom stereocenters. The number of carboxylic acids is 1. The van der Waals surface area contributed by atoms with E-state index in [1.165, 1.54) is 13.8 Å². The third-order valence-corrected chi connectivity index (χ3v) is 3.32. The number of carbonyl (C=O) groups excluding carboxylic acids is 1. The van der Waals surface area contributed by atoms with Crippen molar-refractivity contribution in [2.75, 3.05) is 11.5 Å². The number of carbonyl (C=O) groups is 2. The molecule has 0 heterocycles. The molecule has 1 amide bonds. The minimum atomic E-state index is -1.05. The minimum absolute atomic E-state index is 0.0500. The smallest absolute Gasteiger partial charge is 0.331 e. The lowest BCUT2D eigenvalue weighted by Crippen LogP contribution is -2.35. The maximum atomic E-state index is 11.6. The first kappa shape index (κ1) is 15.0. The van der Waals surface area contributed by atoms with Gasteiger partial charge in [-0.25, -0.2) is 4.79 Å². The van der Waals surface area contributed by atoms with E-state index in [1.54, 1.807) is 11.8 Å². The maximum Gasteiger partial charge on any atom is 0.331 e. The summed E-state index contributed by atoms with van der Waals surface area (Å²) in [6, 6.07) is 0.0500. The lowest BCUT2D eigenvalue weighted by molar-refractivity contribution is -0.133. The predicted octanol–water partition coefficient (Wildman–Crippen LogP) is 1.67. The molecule has 92 valence electrons. The average molecular weight is 245 g/mol. The Hall–Kier alpha value is -0.970. The summed E-state index contributed by atoms with van der Waals surface area (Å²) in [5.41, 5.74) is 0.355. The molecule has 0 aromatic rings. The van der Waals surface area contributed by atoms with Crippen molar-refractivity contribution in [3.63, 3.8) is 0 Å². The number of rotatable bonds is 6. The highest BCUT2D eigenvalue weighted by atomic mass is 32.2. The van der Waals surface area contributed by atoms with Crippen molar-refractivity contribution in [1.82, 2.24) is 5.32 Å². The summed E-state index contributed by atoms with van der Waals surface area (Å²) in [7, 11) is 0. The monoisotopic (exact) mass is 245 g/mol. The molecule has 0 aliphatic rings. The molecule has 0 spiro atoms. The highest BCUT2D eigenvalue weighted by molar-refractivity contribution is 7.99. The number of amides is 1. The fourth-order valence-electron chi connectivity index (χ4n) is 0.999. The Morgan fingerprint density at radius 3 is 2.31 bits per heavy atom. The number of hydrogen-bond acceptors (Lipinski definition) is 3. The standard InChI is InChI=1S/C11H19NO3S/c1-5-16-6-7(2)12-10(13)8(3)9(4)11(14)15/h7H,5-6H2,1-4H3,(H,12,13)(H,14,15). The Morgan fingerprint density at radius 2 is 1.88 bits per heavy atom. The molecule has 0 saturated heterocycles. The highest BCUT2D eigenvalue weighted by Gasteiger charge is 2.14. The molecule has 5 heteroatoms. The summed E-state index contributed by atoms with van der Waals surface area (Å²) in [4.78, 5) is 22.3. The third kappa shape index (κ3) is 5.21. The molecule has 0 bridgehead atoms. The maximum absolute atomic E-state index is 11.6. The fraction of sp³-hybridized carbons (Fsp3) is 0.636. The van der Waals surface area contributed by atoms with Gasteiger partial charge in [-0.2, -0.15) is 11.8 Å². The summed E-state index contributed by atoms with van der Waals surface area (Å²) in [5, 5.41) is 11.5. The topological polar surface area (TPSA) is 66.4 Å². The van der Waals surface area contributed by atoms with Crippen LogP contribution in [0.3, 0.4) is 0 Å². The van der Waals surface area contributed by atoms with Crippen LogP contribution >= 0.6 is 11.8 Å². The lowest BCUT2D eigenvalue weighted by atomic mass is 10.1. The molecule has 16 heavy (non-hydrogen) atoms. The Bertz CT molecular complexity index is 300. The van der Waals surface area contributed by atoms with Gasteiger partial charge in [0, 0.05) is 22.9 Å². The van der Waals surface area contributed by atoms with Crippen LogP contribution in [-0.4, -0.2) is 34.5 Å². The first-order chi connectivity index (χ1) is 7.40. The minimum Gasteiger partial charge on any atom is -0.478 e. The Morgan fingerprint density at radius 1 is 1.31 bits per heavy atom. The van der Waals surface area contributed by atoms with Crippen LogP contribution in [0.5, 0.6) is 0 Å².